The van der Waals surface area contributed by atoms with Gasteiger partial charge in [0, 0.05) is 13.8 Å². The fourth-order valence-electron chi connectivity index (χ4n) is 7.57. The molecule has 4 saturated carbocycles. The van der Waals surface area contributed by atoms with Crippen LogP contribution in [0.3, 0.4) is 0 Å². The number of nitrogens with one attached hydrogen (secondary N) is 2. The molecular weight excluding hydrogens is 428 g/mol. The maximum Gasteiger partial charge on any atom is 0.221 e. The highest BCUT2D eigenvalue weighted by molar-refractivity contribution is 5.91. The lowest BCUT2D eigenvalue weighted by molar-refractivity contribution is -0.115. The molecule has 0 atom stereocenters. The number of amides is 2. The summed E-state index contributed by atoms with van der Waals surface area (Å²) >= 11 is 0. The zero-order chi connectivity index (χ0) is 24.1. The lowest BCUT2D eigenvalue weighted by Gasteiger charge is -2.63. The molecule has 4 aliphatic carbocycles. The monoisotopic (exact) mass is 462 g/mol. The topological polar surface area (TPSA) is 76.7 Å². The number of hydrogen-bond donors (Lipinski definition) is 2. The second kappa shape index (κ2) is 8.33. The van der Waals surface area contributed by atoms with Crippen LogP contribution in [0.5, 0.6) is 11.5 Å². The number of rotatable bonds is 6. The van der Waals surface area contributed by atoms with Gasteiger partial charge in [-0.1, -0.05) is 12.1 Å². The molecule has 4 fully saturated rings. The number of benzene rings is 2. The summed E-state index contributed by atoms with van der Waals surface area (Å²) in [6.07, 6.45) is 7.22. The summed E-state index contributed by atoms with van der Waals surface area (Å²) < 4.78 is 11.3. The Balaban J connectivity index is 1.53. The van der Waals surface area contributed by atoms with E-state index < -0.39 is 0 Å². The second-order valence-corrected chi connectivity index (χ2v) is 10.7. The summed E-state index contributed by atoms with van der Waals surface area (Å²) in [6, 6.07) is 12.7. The van der Waals surface area contributed by atoms with Crippen LogP contribution in [0.25, 0.3) is 0 Å². The average molecular weight is 463 g/mol. The Hall–Kier alpha value is -3.02. The smallest absolute Gasteiger partial charge is 0.221 e. The van der Waals surface area contributed by atoms with Gasteiger partial charge in [0.2, 0.25) is 11.8 Å². The van der Waals surface area contributed by atoms with Gasteiger partial charge in [0.1, 0.15) is 11.5 Å². The van der Waals surface area contributed by atoms with Gasteiger partial charge in [0.05, 0.1) is 25.6 Å². The molecule has 4 aliphatic rings. The van der Waals surface area contributed by atoms with Crippen LogP contribution in [0, 0.1) is 11.8 Å². The third-order valence-electron chi connectivity index (χ3n) is 8.31. The Morgan fingerprint density at radius 2 is 1.18 bits per heavy atom. The molecule has 6 heteroatoms. The quantitative estimate of drug-likeness (QED) is 0.602. The van der Waals surface area contributed by atoms with E-state index in [-0.39, 0.29) is 22.6 Å². The maximum atomic E-state index is 11.6. The molecule has 2 amide bonds. The molecule has 0 unspecified atom stereocenters. The van der Waals surface area contributed by atoms with Gasteiger partial charge in [-0.05, 0) is 96.6 Å². The number of methoxy groups -OCH3 is 2. The van der Waals surface area contributed by atoms with Crippen LogP contribution in [0.2, 0.25) is 0 Å². The first-order valence-corrected chi connectivity index (χ1v) is 12.2. The summed E-state index contributed by atoms with van der Waals surface area (Å²) in [7, 11) is 3.32. The first-order chi connectivity index (χ1) is 16.3. The highest BCUT2D eigenvalue weighted by Crippen LogP contribution is 2.66. The van der Waals surface area contributed by atoms with E-state index in [0.29, 0.717) is 11.8 Å². The minimum Gasteiger partial charge on any atom is -0.495 e. The highest BCUT2D eigenvalue weighted by atomic mass is 16.5. The summed E-state index contributed by atoms with van der Waals surface area (Å²) in [4.78, 5) is 23.2. The fraction of sp³-hybridized carbons (Fsp3) is 0.500. The number of hydrogen-bond acceptors (Lipinski definition) is 4. The molecule has 2 aromatic rings. The molecule has 34 heavy (non-hydrogen) atoms. The Labute approximate surface area is 201 Å². The first-order valence-electron chi connectivity index (χ1n) is 12.2. The molecule has 4 bridgehead atoms. The van der Waals surface area contributed by atoms with Crippen molar-refractivity contribution in [2.24, 2.45) is 11.8 Å². The predicted molar refractivity (Wildman–Crippen MR) is 133 cm³/mol. The molecule has 0 saturated heterocycles. The Morgan fingerprint density at radius 3 is 1.53 bits per heavy atom. The van der Waals surface area contributed by atoms with Gasteiger partial charge in [0.25, 0.3) is 0 Å². The minimum absolute atomic E-state index is 0.100. The van der Waals surface area contributed by atoms with Crippen molar-refractivity contribution in [2.75, 3.05) is 24.9 Å². The van der Waals surface area contributed by atoms with Crippen LogP contribution in [-0.2, 0) is 20.4 Å². The van der Waals surface area contributed by atoms with Gasteiger partial charge in [-0.2, -0.15) is 0 Å². The Bertz CT molecular complexity index is 1040. The standard InChI is InChI=1S/C28H34N2O4/c1-17(31)29-23-7-5-21(10-25(23)33-3)27-12-19-9-20(13-27)15-28(14-19,16-27)22-6-8-24(30-18(2)32)26(11-22)34-4/h5-8,10-11,19-20H,9,12-16H2,1-4H3,(H,29,31)(H,30,32). The third-order valence-corrected chi connectivity index (χ3v) is 8.31. The van der Waals surface area contributed by atoms with E-state index in [2.05, 4.69) is 34.9 Å². The van der Waals surface area contributed by atoms with Gasteiger partial charge >= 0.3 is 0 Å². The third kappa shape index (κ3) is 3.83. The van der Waals surface area contributed by atoms with E-state index >= 15 is 0 Å². The minimum atomic E-state index is -0.100. The molecule has 0 aromatic heterocycles. The van der Waals surface area contributed by atoms with Gasteiger partial charge in [-0.25, -0.2) is 0 Å². The normalized spacial score (nSPS) is 28.9. The van der Waals surface area contributed by atoms with E-state index in [4.69, 9.17) is 9.47 Å². The maximum absolute atomic E-state index is 11.6. The predicted octanol–water partition coefficient (Wildman–Crippen LogP) is 5.41. The van der Waals surface area contributed by atoms with Crippen molar-refractivity contribution < 1.29 is 19.1 Å². The van der Waals surface area contributed by atoms with E-state index in [1.54, 1.807) is 14.2 Å². The molecule has 180 valence electrons. The van der Waals surface area contributed by atoms with Crippen molar-refractivity contribution in [1.82, 2.24) is 0 Å². The van der Waals surface area contributed by atoms with Gasteiger partial charge in [-0.15, -0.1) is 0 Å². The van der Waals surface area contributed by atoms with E-state index in [0.717, 1.165) is 29.3 Å². The van der Waals surface area contributed by atoms with Crippen molar-refractivity contribution >= 4 is 23.2 Å². The van der Waals surface area contributed by atoms with E-state index in [9.17, 15) is 9.59 Å². The van der Waals surface area contributed by atoms with Crippen LogP contribution in [0.1, 0.15) is 63.5 Å². The molecule has 0 aliphatic heterocycles. The van der Waals surface area contributed by atoms with Crippen molar-refractivity contribution in [3.63, 3.8) is 0 Å². The van der Waals surface area contributed by atoms with Crippen LogP contribution >= 0.6 is 0 Å². The van der Waals surface area contributed by atoms with Crippen molar-refractivity contribution in [2.45, 2.75) is 63.2 Å². The first kappa shape index (κ1) is 22.8. The molecule has 6 rings (SSSR count). The van der Waals surface area contributed by atoms with E-state index in [1.165, 1.54) is 57.1 Å². The van der Waals surface area contributed by atoms with Crippen LogP contribution in [0.15, 0.2) is 36.4 Å². The Morgan fingerprint density at radius 1 is 0.765 bits per heavy atom. The summed E-state index contributed by atoms with van der Waals surface area (Å²) in [5, 5.41) is 5.76. The number of carbonyl (C=O) groups excluding carboxylic acids is 2. The lowest BCUT2D eigenvalue weighted by atomic mass is 9.41. The largest absolute Gasteiger partial charge is 0.495 e. The molecular formula is C28H34N2O4. The second-order valence-electron chi connectivity index (χ2n) is 10.7. The molecule has 2 N–H and O–H groups in total. The number of carbonyl (C=O) groups is 2. The van der Waals surface area contributed by atoms with Crippen molar-refractivity contribution in [3.8, 4) is 11.5 Å². The summed E-state index contributed by atoms with van der Waals surface area (Å²) in [6.45, 7) is 3.03. The van der Waals surface area contributed by atoms with Gasteiger partial charge in [-0.3, -0.25) is 9.59 Å². The molecule has 0 radical (unpaired) electrons. The number of ether oxygens (including phenoxy) is 2. The van der Waals surface area contributed by atoms with Crippen molar-refractivity contribution in [3.05, 3.63) is 47.5 Å². The SMILES string of the molecule is COc1cc(C23CC4CC(C2)CC(c2ccc(NC(C)=O)c(OC)c2)(C4)C3)ccc1NC(C)=O. The zero-order valence-electron chi connectivity index (χ0n) is 20.5. The van der Waals surface area contributed by atoms with Gasteiger partial charge < -0.3 is 20.1 Å². The lowest BCUT2D eigenvalue weighted by Crippen LogP contribution is -2.55. The fourth-order valence-corrected chi connectivity index (χ4v) is 7.57. The van der Waals surface area contributed by atoms with E-state index in [1.807, 2.05) is 12.1 Å². The molecule has 0 heterocycles. The van der Waals surface area contributed by atoms with Crippen LogP contribution in [-0.4, -0.2) is 26.0 Å². The van der Waals surface area contributed by atoms with Gasteiger partial charge in [0.15, 0.2) is 0 Å². The highest BCUT2D eigenvalue weighted by Gasteiger charge is 2.58. The molecule has 0 spiro atoms. The van der Waals surface area contributed by atoms with Crippen LogP contribution < -0.4 is 20.1 Å². The van der Waals surface area contributed by atoms with Crippen LogP contribution in [0.4, 0.5) is 11.4 Å². The Kier molecular flexibility index (Phi) is 5.58. The van der Waals surface area contributed by atoms with Crippen molar-refractivity contribution in [1.29, 1.82) is 0 Å². The number of anilines is 2. The molecule has 2 aromatic carbocycles. The average Bonchev–Trinajstić information content (AvgIpc) is 2.77. The zero-order valence-corrected chi connectivity index (χ0v) is 20.5. The molecule has 6 nitrogen and oxygen atoms in total. The summed E-state index contributed by atoms with van der Waals surface area (Å²) in [5.41, 5.74) is 4.29. The summed E-state index contributed by atoms with van der Waals surface area (Å²) in [5.74, 6) is 2.64.